The van der Waals surface area contributed by atoms with Crippen molar-refractivity contribution in [1.29, 1.82) is 0 Å². The summed E-state index contributed by atoms with van der Waals surface area (Å²) in [6.07, 6.45) is 0.849. The van der Waals surface area contributed by atoms with Crippen LogP contribution in [-0.2, 0) is 13.5 Å². The molecular weight excluding hydrogens is 200 g/mol. The van der Waals surface area contributed by atoms with E-state index in [1.807, 2.05) is 36.9 Å². The number of anilines is 1. The summed E-state index contributed by atoms with van der Waals surface area (Å²) in [5.41, 5.74) is 8.72. The molecule has 2 rings (SSSR count). The van der Waals surface area contributed by atoms with Crippen molar-refractivity contribution in [2.24, 2.45) is 7.05 Å². The van der Waals surface area contributed by atoms with E-state index in [1.165, 1.54) is 0 Å². The van der Waals surface area contributed by atoms with Gasteiger partial charge in [0.1, 0.15) is 0 Å². The van der Waals surface area contributed by atoms with Crippen LogP contribution < -0.4 is 5.73 Å². The molecule has 1 aromatic heterocycles. The van der Waals surface area contributed by atoms with Crippen LogP contribution >= 0.6 is 0 Å². The number of aryl methyl sites for hydroxylation is 3. The molecule has 0 radical (unpaired) electrons. The topological polar surface area (TPSA) is 56.7 Å². The second kappa shape index (κ2) is 3.96. The van der Waals surface area contributed by atoms with E-state index in [0.717, 1.165) is 34.9 Å². The van der Waals surface area contributed by atoms with Crippen molar-refractivity contribution < 1.29 is 0 Å². The summed E-state index contributed by atoms with van der Waals surface area (Å²) in [6.45, 7) is 4.08. The summed E-state index contributed by atoms with van der Waals surface area (Å²) >= 11 is 0. The molecule has 0 amide bonds. The number of hydrogen-bond acceptors (Lipinski definition) is 3. The molecule has 0 aliphatic heterocycles. The fraction of sp³-hybridized carbons (Fsp3) is 0.333. The molecule has 84 valence electrons. The standard InChI is InChI=1S/C12H16N4/c1-4-11-14-12(16(3)15-11)10-6-5-9(13)7-8(10)2/h5-7H,4,13H2,1-3H3. The maximum absolute atomic E-state index is 5.73. The molecular formula is C12H16N4. The first-order valence-corrected chi connectivity index (χ1v) is 5.38. The number of aromatic nitrogens is 3. The van der Waals surface area contributed by atoms with Gasteiger partial charge in [0.2, 0.25) is 0 Å². The summed E-state index contributed by atoms with van der Waals surface area (Å²) in [5.74, 6) is 1.77. The van der Waals surface area contributed by atoms with Crippen LogP contribution in [0.25, 0.3) is 11.4 Å². The highest BCUT2D eigenvalue weighted by Crippen LogP contribution is 2.23. The van der Waals surface area contributed by atoms with Gasteiger partial charge in [0.05, 0.1) is 0 Å². The molecule has 4 nitrogen and oxygen atoms in total. The number of benzene rings is 1. The quantitative estimate of drug-likeness (QED) is 0.780. The minimum absolute atomic E-state index is 0.777. The van der Waals surface area contributed by atoms with E-state index in [2.05, 4.69) is 17.0 Å². The molecule has 0 saturated heterocycles. The lowest BCUT2D eigenvalue weighted by Crippen LogP contribution is -1.97. The highest BCUT2D eigenvalue weighted by atomic mass is 15.3. The van der Waals surface area contributed by atoms with Crippen LogP contribution in [0.15, 0.2) is 18.2 Å². The zero-order valence-corrected chi connectivity index (χ0v) is 9.86. The summed E-state index contributed by atoms with van der Waals surface area (Å²) < 4.78 is 1.82. The van der Waals surface area contributed by atoms with Crippen LogP contribution in [0.1, 0.15) is 18.3 Å². The summed E-state index contributed by atoms with van der Waals surface area (Å²) in [6, 6.07) is 5.84. The van der Waals surface area contributed by atoms with Gasteiger partial charge in [-0.3, -0.25) is 0 Å². The van der Waals surface area contributed by atoms with Crippen LogP contribution in [0.3, 0.4) is 0 Å². The Hall–Kier alpha value is -1.84. The normalized spacial score (nSPS) is 10.7. The van der Waals surface area contributed by atoms with Gasteiger partial charge in [0.15, 0.2) is 11.6 Å². The van der Waals surface area contributed by atoms with E-state index in [1.54, 1.807) is 0 Å². The Morgan fingerprint density at radius 3 is 2.69 bits per heavy atom. The van der Waals surface area contributed by atoms with E-state index in [9.17, 15) is 0 Å². The second-order valence-electron chi connectivity index (χ2n) is 3.90. The third kappa shape index (κ3) is 1.78. The van der Waals surface area contributed by atoms with Crippen molar-refractivity contribution in [1.82, 2.24) is 14.8 Å². The number of rotatable bonds is 2. The third-order valence-electron chi connectivity index (χ3n) is 2.61. The first-order valence-electron chi connectivity index (χ1n) is 5.38. The first kappa shape index (κ1) is 10.7. The molecule has 2 aromatic rings. The molecule has 0 fully saturated rings. The van der Waals surface area contributed by atoms with Crippen molar-refractivity contribution in [3.63, 3.8) is 0 Å². The van der Waals surface area contributed by atoms with Crippen molar-refractivity contribution >= 4 is 5.69 Å². The van der Waals surface area contributed by atoms with Gasteiger partial charge < -0.3 is 5.73 Å². The fourth-order valence-electron chi connectivity index (χ4n) is 1.76. The van der Waals surface area contributed by atoms with Gasteiger partial charge in [0, 0.05) is 24.7 Å². The lowest BCUT2D eigenvalue weighted by molar-refractivity contribution is 0.752. The van der Waals surface area contributed by atoms with E-state index >= 15 is 0 Å². The molecule has 0 atom stereocenters. The van der Waals surface area contributed by atoms with Crippen LogP contribution in [0.4, 0.5) is 5.69 Å². The van der Waals surface area contributed by atoms with E-state index in [0.29, 0.717) is 0 Å². The molecule has 0 unspecified atom stereocenters. The summed E-state index contributed by atoms with van der Waals surface area (Å²) in [5, 5.41) is 4.34. The summed E-state index contributed by atoms with van der Waals surface area (Å²) in [7, 11) is 1.91. The number of nitrogens with zero attached hydrogens (tertiary/aromatic N) is 3. The van der Waals surface area contributed by atoms with Crippen LogP contribution in [-0.4, -0.2) is 14.8 Å². The molecule has 0 aliphatic rings. The van der Waals surface area contributed by atoms with Crippen LogP contribution in [0.2, 0.25) is 0 Å². The van der Waals surface area contributed by atoms with E-state index in [4.69, 9.17) is 5.73 Å². The zero-order valence-electron chi connectivity index (χ0n) is 9.86. The first-order chi connectivity index (χ1) is 7.61. The Morgan fingerprint density at radius 1 is 1.38 bits per heavy atom. The Bertz CT molecular complexity index is 514. The minimum Gasteiger partial charge on any atom is -0.399 e. The highest BCUT2D eigenvalue weighted by Gasteiger charge is 2.10. The minimum atomic E-state index is 0.777. The Labute approximate surface area is 95.1 Å². The Morgan fingerprint density at radius 2 is 2.12 bits per heavy atom. The lowest BCUT2D eigenvalue weighted by Gasteiger charge is -2.05. The monoisotopic (exact) mass is 216 g/mol. The summed E-state index contributed by atoms with van der Waals surface area (Å²) in [4.78, 5) is 4.50. The predicted molar refractivity (Wildman–Crippen MR) is 65.0 cm³/mol. The molecule has 1 heterocycles. The average Bonchev–Trinajstić information content (AvgIpc) is 2.60. The molecule has 16 heavy (non-hydrogen) atoms. The molecule has 2 N–H and O–H groups in total. The average molecular weight is 216 g/mol. The molecule has 0 spiro atoms. The number of nitrogen functional groups attached to an aromatic ring is 1. The maximum atomic E-state index is 5.73. The number of hydrogen-bond donors (Lipinski definition) is 1. The largest absolute Gasteiger partial charge is 0.399 e. The predicted octanol–water partition coefficient (Wildman–Crippen LogP) is 1.94. The van der Waals surface area contributed by atoms with Gasteiger partial charge in [-0.1, -0.05) is 6.92 Å². The van der Waals surface area contributed by atoms with Gasteiger partial charge in [-0.15, -0.1) is 0 Å². The van der Waals surface area contributed by atoms with Gasteiger partial charge in [-0.05, 0) is 30.7 Å². The van der Waals surface area contributed by atoms with Gasteiger partial charge >= 0.3 is 0 Å². The fourth-order valence-corrected chi connectivity index (χ4v) is 1.76. The van der Waals surface area contributed by atoms with Crippen molar-refractivity contribution in [2.45, 2.75) is 20.3 Å². The second-order valence-corrected chi connectivity index (χ2v) is 3.90. The number of nitrogens with two attached hydrogens (primary N) is 1. The SMILES string of the molecule is CCc1nc(-c2ccc(N)cc2C)n(C)n1. The van der Waals surface area contributed by atoms with Gasteiger partial charge in [0.25, 0.3) is 0 Å². The van der Waals surface area contributed by atoms with Crippen LogP contribution in [0, 0.1) is 6.92 Å². The molecule has 0 aliphatic carbocycles. The van der Waals surface area contributed by atoms with E-state index in [-0.39, 0.29) is 0 Å². The lowest BCUT2D eigenvalue weighted by atomic mass is 10.1. The smallest absolute Gasteiger partial charge is 0.158 e. The van der Waals surface area contributed by atoms with Gasteiger partial charge in [-0.2, -0.15) is 5.10 Å². The zero-order chi connectivity index (χ0) is 11.7. The van der Waals surface area contributed by atoms with Crippen molar-refractivity contribution in [2.75, 3.05) is 5.73 Å². The van der Waals surface area contributed by atoms with Crippen molar-refractivity contribution in [3.05, 3.63) is 29.6 Å². The third-order valence-corrected chi connectivity index (χ3v) is 2.61. The Balaban J connectivity index is 2.53. The van der Waals surface area contributed by atoms with Crippen LogP contribution in [0.5, 0.6) is 0 Å². The van der Waals surface area contributed by atoms with E-state index < -0.39 is 0 Å². The maximum Gasteiger partial charge on any atom is 0.158 e. The van der Waals surface area contributed by atoms with Gasteiger partial charge in [-0.25, -0.2) is 9.67 Å². The molecule has 4 heteroatoms. The Kier molecular flexibility index (Phi) is 2.64. The molecule has 1 aromatic carbocycles. The molecule has 0 bridgehead atoms. The van der Waals surface area contributed by atoms with Crippen molar-refractivity contribution in [3.8, 4) is 11.4 Å². The highest BCUT2D eigenvalue weighted by molar-refractivity contribution is 5.63. The molecule has 0 saturated carbocycles.